The van der Waals surface area contributed by atoms with E-state index in [-0.39, 0.29) is 42.6 Å². The predicted octanol–water partition coefficient (Wildman–Crippen LogP) is -0.179. The Morgan fingerprint density at radius 1 is 1.30 bits per heavy atom. The van der Waals surface area contributed by atoms with E-state index in [9.17, 15) is 9.59 Å². The summed E-state index contributed by atoms with van der Waals surface area (Å²) in [6.45, 7) is -0.0796. The fraction of sp³-hybridized carbons (Fsp3) is 0.714. The number of hydrogen-bond acceptors (Lipinski definition) is 5. The zero-order valence-electron chi connectivity index (χ0n) is 12.9. The standard InChI is InChI=1S/C14H22N6O2.ClH/c15-10-4-8-2-1-3-9(5-10)13(8)17-14(22)11-6-20(19-18-11)7-12(16)21;/h6,8-10,13H,1-5,7,15H2,(H2,16,21)(H,17,22);1H. The van der Waals surface area contributed by atoms with Crippen molar-refractivity contribution in [2.75, 3.05) is 0 Å². The van der Waals surface area contributed by atoms with Crippen LogP contribution in [-0.4, -0.2) is 38.9 Å². The second kappa shape index (κ2) is 7.27. The number of carbonyl (C=O) groups is 2. The molecule has 2 bridgehead atoms. The number of rotatable bonds is 4. The average molecular weight is 343 g/mol. The fourth-order valence-corrected chi connectivity index (χ4v) is 3.89. The molecule has 8 nitrogen and oxygen atoms in total. The first kappa shape index (κ1) is 17.7. The number of halogens is 1. The van der Waals surface area contributed by atoms with Gasteiger partial charge in [-0.1, -0.05) is 11.6 Å². The predicted molar refractivity (Wildman–Crippen MR) is 85.8 cm³/mol. The highest BCUT2D eigenvalue weighted by Gasteiger charge is 2.40. The number of nitrogens with zero attached hydrogens (tertiary/aromatic N) is 3. The maximum atomic E-state index is 12.4. The third kappa shape index (κ3) is 4.00. The van der Waals surface area contributed by atoms with Crippen molar-refractivity contribution in [2.45, 2.75) is 50.7 Å². The van der Waals surface area contributed by atoms with Crippen LogP contribution in [0.5, 0.6) is 0 Å². The van der Waals surface area contributed by atoms with Gasteiger partial charge in [-0.3, -0.25) is 9.59 Å². The van der Waals surface area contributed by atoms with Gasteiger partial charge in [-0.05, 0) is 37.5 Å². The Balaban J connectivity index is 0.00000192. The van der Waals surface area contributed by atoms with Gasteiger partial charge in [0, 0.05) is 12.1 Å². The summed E-state index contributed by atoms with van der Waals surface area (Å²) in [4.78, 5) is 23.2. The molecule has 2 aliphatic rings. The molecule has 1 aromatic heterocycles. The molecule has 0 aliphatic heterocycles. The van der Waals surface area contributed by atoms with Crippen LogP contribution in [0.4, 0.5) is 0 Å². The molecule has 3 rings (SSSR count). The summed E-state index contributed by atoms with van der Waals surface area (Å²) in [7, 11) is 0. The Kier molecular flexibility index (Phi) is 5.59. The molecule has 9 heteroatoms. The maximum absolute atomic E-state index is 12.4. The zero-order valence-corrected chi connectivity index (χ0v) is 13.7. The monoisotopic (exact) mass is 342 g/mol. The van der Waals surface area contributed by atoms with Crippen molar-refractivity contribution in [1.29, 1.82) is 0 Å². The lowest BCUT2D eigenvalue weighted by atomic mass is 9.67. The van der Waals surface area contributed by atoms with E-state index in [0.717, 1.165) is 25.7 Å². The number of amides is 2. The fourth-order valence-electron chi connectivity index (χ4n) is 3.89. The summed E-state index contributed by atoms with van der Waals surface area (Å²) in [5.74, 6) is 0.139. The minimum Gasteiger partial charge on any atom is -0.368 e. The summed E-state index contributed by atoms with van der Waals surface area (Å²) < 4.78 is 1.27. The molecule has 2 fully saturated rings. The van der Waals surface area contributed by atoms with E-state index in [4.69, 9.17) is 11.5 Å². The van der Waals surface area contributed by atoms with Crippen molar-refractivity contribution >= 4 is 24.2 Å². The van der Waals surface area contributed by atoms with Crippen LogP contribution in [0.1, 0.15) is 42.6 Å². The second-order valence-corrected chi connectivity index (χ2v) is 6.45. The molecule has 0 spiro atoms. The zero-order chi connectivity index (χ0) is 15.7. The summed E-state index contributed by atoms with van der Waals surface area (Å²) in [6, 6.07) is 0.419. The van der Waals surface area contributed by atoms with Crippen molar-refractivity contribution in [1.82, 2.24) is 20.3 Å². The molecule has 0 radical (unpaired) electrons. The molecule has 2 saturated carbocycles. The highest BCUT2D eigenvalue weighted by molar-refractivity contribution is 5.92. The summed E-state index contributed by atoms with van der Waals surface area (Å²) >= 11 is 0. The topological polar surface area (TPSA) is 129 Å². The molecule has 23 heavy (non-hydrogen) atoms. The van der Waals surface area contributed by atoms with Gasteiger partial charge in [0.2, 0.25) is 5.91 Å². The van der Waals surface area contributed by atoms with Gasteiger partial charge in [0.1, 0.15) is 6.54 Å². The largest absolute Gasteiger partial charge is 0.368 e. The van der Waals surface area contributed by atoms with Crippen LogP contribution < -0.4 is 16.8 Å². The van der Waals surface area contributed by atoms with Gasteiger partial charge in [0.25, 0.3) is 5.91 Å². The normalized spacial score (nSPS) is 29.4. The number of primary amides is 1. The van der Waals surface area contributed by atoms with Gasteiger partial charge in [-0.15, -0.1) is 17.5 Å². The second-order valence-electron chi connectivity index (χ2n) is 6.45. The van der Waals surface area contributed by atoms with E-state index in [1.807, 2.05) is 0 Å². The highest BCUT2D eigenvalue weighted by Crippen LogP contribution is 2.39. The Morgan fingerprint density at radius 2 is 1.96 bits per heavy atom. The number of nitrogens with one attached hydrogen (secondary N) is 1. The smallest absolute Gasteiger partial charge is 0.273 e. The van der Waals surface area contributed by atoms with Crippen LogP contribution in [0.2, 0.25) is 0 Å². The van der Waals surface area contributed by atoms with Crippen molar-refractivity contribution in [3.8, 4) is 0 Å². The Morgan fingerprint density at radius 3 is 2.57 bits per heavy atom. The summed E-state index contributed by atoms with van der Waals surface area (Å²) in [6.07, 6.45) is 6.83. The van der Waals surface area contributed by atoms with Gasteiger partial charge in [-0.25, -0.2) is 4.68 Å². The third-order valence-electron chi connectivity index (χ3n) is 4.76. The third-order valence-corrected chi connectivity index (χ3v) is 4.76. The van der Waals surface area contributed by atoms with Gasteiger partial charge >= 0.3 is 0 Å². The SMILES string of the molecule is Cl.NC(=O)Cn1cc(C(=O)NC2C3CCCC2CC(N)C3)nn1. The van der Waals surface area contributed by atoms with Crippen molar-refractivity contribution < 1.29 is 9.59 Å². The number of aromatic nitrogens is 3. The molecule has 2 unspecified atom stereocenters. The van der Waals surface area contributed by atoms with Crippen LogP contribution in [0.3, 0.4) is 0 Å². The van der Waals surface area contributed by atoms with Crippen molar-refractivity contribution in [3.63, 3.8) is 0 Å². The first-order chi connectivity index (χ1) is 10.5. The quantitative estimate of drug-likeness (QED) is 0.699. The van der Waals surface area contributed by atoms with Gasteiger partial charge in [0.05, 0.1) is 6.20 Å². The molecule has 0 aromatic carbocycles. The van der Waals surface area contributed by atoms with E-state index < -0.39 is 5.91 Å². The number of fused-ring (bicyclic) bond motifs is 2. The molecule has 5 N–H and O–H groups in total. The molecule has 2 atom stereocenters. The number of hydrogen-bond donors (Lipinski definition) is 3. The summed E-state index contributed by atoms with van der Waals surface area (Å²) in [5, 5.41) is 10.6. The molecule has 128 valence electrons. The lowest BCUT2D eigenvalue weighted by Gasteiger charge is -2.45. The van der Waals surface area contributed by atoms with Crippen LogP contribution >= 0.6 is 12.4 Å². The summed E-state index contributed by atoms with van der Waals surface area (Å²) in [5.41, 5.74) is 11.4. The Bertz CT molecular complexity index is 563. The van der Waals surface area contributed by atoms with Crippen molar-refractivity contribution in [3.05, 3.63) is 11.9 Å². The molecule has 1 heterocycles. The average Bonchev–Trinajstić information content (AvgIpc) is 2.87. The minimum absolute atomic E-state index is 0. The van der Waals surface area contributed by atoms with Gasteiger partial charge < -0.3 is 16.8 Å². The van der Waals surface area contributed by atoms with E-state index in [0.29, 0.717) is 11.8 Å². The molecule has 1 aromatic rings. The molecular weight excluding hydrogens is 320 g/mol. The molecular formula is C14H23ClN6O2. The van der Waals surface area contributed by atoms with E-state index in [1.54, 1.807) is 0 Å². The van der Waals surface area contributed by atoms with E-state index in [2.05, 4.69) is 15.6 Å². The number of nitrogens with two attached hydrogens (primary N) is 2. The maximum Gasteiger partial charge on any atom is 0.273 e. The molecule has 2 aliphatic carbocycles. The molecule has 2 amide bonds. The minimum atomic E-state index is -0.521. The van der Waals surface area contributed by atoms with Crippen LogP contribution in [0.15, 0.2) is 6.20 Å². The van der Waals surface area contributed by atoms with Gasteiger partial charge in [-0.2, -0.15) is 0 Å². The first-order valence-electron chi connectivity index (χ1n) is 7.78. The van der Waals surface area contributed by atoms with Gasteiger partial charge in [0.15, 0.2) is 5.69 Å². The lowest BCUT2D eigenvalue weighted by molar-refractivity contribution is -0.118. The lowest BCUT2D eigenvalue weighted by Crippen LogP contribution is -2.53. The van der Waals surface area contributed by atoms with Crippen LogP contribution in [-0.2, 0) is 11.3 Å². The molecule has 0 saturated heterocycles. The Labute approximate surface area is 140 Å². The van der Waals surface area contributed by atoms with Crippen LogP contribution in [0.25, 0.3) is 0 Å². The van der Waals surface area contributed by atoms with Crippen LogP contribution in [0, 0.1) is 11.8 Å². The Hall–Kier alpha value is -1.67. The number of carbonyl (C=O) groups excluding carboxylic acids is 2. The van der Waals surface area contributed by atoms with Crippen molar-refractivity contribution in [2.24, 2.45) is 23.3 Å². The first-order valence-corrected chi connectivity index (χ1v) is 7.78. The van der Waals surface area contributed by atoms with E-state index >= 15 is 0 Å². The highest BCUT2D eigenvalue weighted by atomic mass is 35.5. The van der Waals surface area contributed by atoms with E-state index in [1.165, 1.54) is 17.3 Å².